The Morgan fingerprint density at radius 2 is 1.97 bits per heavy atom. The van der Waals surface area contributed by atoms with Gasteiger partial charge in [-0.2, -0.15) is 9.41 Å². The number of anilines is 1. The van der Waals surface area contributed by atoms with E-state index in [1.54, 1.807) is 31.5 Å². The lowest BCUT2D eigenvalue weighted by Crippen LogP contribution is -2.40. The third kappa shape index (κ3) is 5.10. The van der Waals surface area contributed by atoms with Crippen molar-refractivity contribution in [3.63, 3.8) is 0 Å². The average molecular weight is 459 g/mol. The minimum atomic E-state index is -3.55. The number of ether oxygens (including phenoxy) is 2. The van der Waals surface area contributed by atoms with Crippen LogP contribution in [0.4, 0.5) is 5.13 Å². The maximum absolute atomic E-state index is 12.9. The van der Waals surface area contributed by atoms with Gasteiger partial charge in [-0.05, 0) is 42.0 Å². The first-order valence-electron chi connectivity index (χ1n) is 9.63. The highest BCUT2D eigenvalue weighted by Crippen LogP contribution is 2.28. The standard InChI is InChI=1S/C21H22N4O4S2/c1-28-18-7-5-16(6-8-18)14-22-24-21-23-20(15-30-21)17-3-2-4-19(13-17)31(26,27)25-9-11-29-12-10-25/h2-8,13-15H,9-12H2,1H3,(H,23,24)/b22-14+. The van der Waals surface area contributed by atoms with Crippen LogP contribution in [0.2, 0.25) is 0 Å². The Labute approximate surface area is 185 Å². The van der Waals surface area contributed by atoms with Crippen molar-refractivity contribution in [2.75, 3.05) is 38.8 Å². The van der Waals surface area contributed by atoms with Crippen LogP contribution in [-0.4, -0.2) is 57.3 Å². The van der Waals surface area contributed by atoms with Crippen LogP contribution in [0.1, 0.15) is 5.56 Å². The van der Waals surface area contributed by atoms with Gasteiger partial charge in [0.2, 0.25) is 15.2 Å². The van der Waals surface area contributed by atoms with E-state index in [0.29, 0.717) is 37.1 Å². The van der Waals surface area contributed by atoms with Crippen molar-refractivity contribution in [1.29, 1.82) is 0 Å². The molecule has 162 valence electrons. The summed E-state index contributed by atoms with van der Waals surface area (Å²) >= 11 is 1.39. The number of rotatable bonds is 7. The zero-order valence-electron chi connectivity index (χ0n) is 16.9. The van der Waals surface area contributed by atoms with Gasteiger partial charge in [-0.1, -0.05) is 12.1 Å². The zero-order chi connectivity index (χ0) is 21.7. The number of morpholine rings is 1. The van der Waals surface area contributed by atoms with Crippen LogP contribution in [0.15, 0.2) is 63.9 Å². The molecule has 4 rings (SSSR count). The molecule has 1 N–H and O–H groups in total. The van der Waals surface area contributed by atoms with E-state index in [-0.39, 0.29) is 4.90 Å². The number of benzene rings is 2. The Kier molecular flexibility index (Phi) is 6.62. The van der Waals surface area contributed by atoms with Gasteiger partial charge in [0.25, 0.3) is 0 Å². The predicted molar refractivity (Wildman–Crippen MR) is 121 cm³/mol. The number of sulfonamides is 1. The first kappa shape index (κ1) is 21.4. The number of methoxy groups -OCH3 is 1. The molecule has 1 aromatic heterocycles. The smallest absolute Gasteiger partial charge is 0.243 e. The van der Waals surface area contributed by atoms with Gasteiger partial charge in [-0.3, -0.25) is 5.43 Å². The minimum absolute atomic E-state index is 0.256. The summed E-state index contributed by atoms with van der Waals surface area (Å²) in [5.41, 5.74) is 5.26. The SMILES string of the molecule is COc1ccc(/C=N/Nc2nc(-c3cccc(S(=O)(=O)N4CCOCC4)c3)cs2)cc1. The van der Waals surface area contributed by atoms with E-state index in [1.807, 2.05) is 35.7 Å². The molecule has 0 spiro atoms. The van der Waals surface area contributed by atoms with Crippen molar-refractivity contribution in [2.24, 2.45) is 5.10 Å². The number of hydrazone groups is 1. The summed E-state index contributed by atoms with van der Waals surface area (Å²) in [6.07, 6.45) is 1.69. The van der Waals surface area contributed by atoms with Crippen molar-refractivity contribution >= 4 is 32.7 Å². The van der Waals surface area contributed by atoms with Crippen molar-refractivity contribution in [1.82, 2.24) is 9.29 Å². The van der Waals surface area contributed by atoms with Gasteiger partial charge in [0.15, 0.2) is 0 Å². The molecule has 1 aliphatic rings. The van der Waals surface area contributed by atoms with Crippen LogP contribution in [-0.2, 0) is 14.8 Å². The third-order valence-corrected chi connectivity index (χ3v) is 7.37. The number of aromatic nitrogens is 1. The third-order valence-electron chi connectivity index (χ3n) is 4.73. The molecule has 1 aliphatic heterocycles. The molecule has 10 heteroatoms. The minimum Gasteiger partial charge on any atom is -0.497 e. The van der Waals surface area contributed by atoms with E-state index in [4.69, 9.17) is 9.47 Å². The van der Waals surface area contributed by atoms with Crippen LogP contribution in [0, 0.1) is 0 Å². The molecule has 0 atom stereocenters. The second-order valence-corrected chi connectivity index (χ2v) is 9.52. The molecule has 0 bridgehead atoms. The second-order valence-electron chi connectivity index (χ2n) is 6.73. The summed E-state index contributed by atoms with van der Waals surface area (Å²) in [4.78, 5) is 4.78. The first-order valence-corrected chi connectivity index (χ1v) is 12.0. The molecule has 2 aromatic carbocycles. The molecule has 1 fully saturated rings. The molecular formula is C21H22N4O4S2. The zero-order valence-corrected chi connectivity index (χ0v) is 18.5. The van der Waals surface area contributed by atoms with Gasteiger partial charge in [-0.25, -0.2) is 13.4 Å². The molecule has 0 radical (unpaired) electrons. The maximum atomic E-state index is 12.9. The van der Waals surface area contributed by atoms with Crippen molar-refractivity contribution < 1.29 is 17.9 Å². The van der Waals surface area contributed by atoms with Gasteiger partial charge < -0.3 is 9.47 Å². The van der Waals surface area contributed by atoms with E-state index >= 15 is 0 Å². The lowest BCUT2D eigenvalue weighted by Gasteiger charge is -2.26. The summed E-state index contributed by atoms with van der Waals surface area (Å²) in [6, 6.07) is 14.4. The molecule has 0 amide bonds. The molecule has 0 aliphatic carbocycles. The fourth-order valence-corrected chi connectivity index (χ4v) is 5.18. The van der Waals surface area contributed by atoms with Gasteiger partial charge in [-0.15, -0.1) is 11.3 Å². The van der Waals surface area contributed by atoms with Crippen molar-refractivity contribution in [2.45, 2.75) is 4.90 Å². The largest absolute Gasteiger partial charge is 0.497 e. The average Bonchev–Trinajstić information content (AvgIpc) is 3.29. The van der Waals surface area contributed by atoms with Gasteiger partial charge >= 0.3 is 0 Å². The molecule has 1 saturated heterocycles. The quantitative estimate of drug-likeness (QED) is 0.431. The number of hydrogen-bond donors (Lipinski definition) is 1. The van der Waals surface area contributed by atoms with E-state index in [2.05, 4.69) is 15.5 Å². The summed E-state index contributed by atoms with van der Waals surface area (Å²) in [5, 5.41) is 6.69. The number of hydrogen-bond acceptors (Lipinski definition) is 8. The Hall–Kier alpha value is -2.79. The van der Waals surface area contributed by atoms with Crippen LogP contribution >= 0.6 is 11.3 Å². The summed E-state index contributed by atoms with van der Waals surface area (Å²) < 4.78 is 37.7. The molecule has 8 nitrogen and oxygen atoms in total. The van der Waals surface area contributed by atoms with E-state index in [0.717, 1.165) is 16.9 Å². The Morgan fingerprint density at radius 1 is 1.19 bits per heavy atom. The Morgan fingerprint density at radius 3 is 2.71 bits per heavy atom. The monoisotopic (exact) mass is 458 g/mol. The highest BCUT2D eigenvalue weighted by Gasteiger charge is 2.26. The lowest BCUT2D eigenvalue weighted by molar-refractivity contribution is 0.0730. The van der Waals surface area contributed by atoms with Crippen molar-refractivity contribution in [3.05, 3.63) is 59.5 Å². The van der Waals surface area contributed by atoms with E-state index < -0.39 is 10.0 Å². The van der Waals surface area contributed by atoms with E-state index in [1.165, 1.54) is 15.6 Å². The lowest BCUT2D eigenvalue weighted by atomic mass is 10.2. The van der Waals surface area contributed by atoms with E-state index in [9.17, 15) is 8.42 Å². The summed E-state index contributed by atoms with van der Waals surface area (Å²) in [6.45, 7) is 1.56. The maximum Gasteiger partial charge on any atom is 0.243 e. The highest BCUT2D eigenvalue weighted by molar-refractivity contribution is 7.89. The molecule has 2 heterocycles. The molecule has 31 heavy (non-hydrogen) atoms. The molecule has 0 saturated carbocycles. The van der Waals surface area contributed by atoms with Crippen LogP contribution < -0.4 is 10.2 Å². The van der Waals surface area contributed by atoms with Crippen molar-refractivity contribution in [3.8, 4) is 17.0 Å². The molecule has 3 aromatic rings. The Bertz CT molecular complexity index is 1150. The highest BCUT2D eigenvalue weighted by atomic mass is 32.2. The topological polar surface area (TPSA) is 93.1 Å². The number of nitrogens with one attached hydrogen (secondary N) is 1. The van der Waals surface area contributed by atoms with Crippen LogP contribution in [0.25, 0.3) is 11.3 Å². The second kappa shape index (κ2) is 9.56. The summed E-state index contributed by atoms with van der Waals surface area (Å²) in [5.74, 6) is 0.785. The fraction of sp³-hybridized carbons (Fsp3) is 0.238. The molecule has 0 unspecified atom stereocenters. The number of thiazole rings is 1. The van der Waals surface area contributed by atoms with Gasteiger partial charge in [0, 0.05) is 24.0 Å². The summed E-state index contributed by atoms with van der Waals surface area (Å²) in [7, 11) is -1.93. The van der Waals surface area contributed by atoms with Gasteiger partial charge in [0.05, 0.1) is 37.1 Å². The first-order chi connectivity index (χ1) is 15.1. The molecular weight excluding hydrogens is 436 g/mol. The number of nitrogens with zero attached hydrogens (tertiary/aromatic N) is 3. The fourth-order valence-electron chi connectivity index (χ4n) is 3.06. The Balaban J connectivity index is 1.46. The van der Waals surface area contributed by atoms with Crippen LogP contribution in [0.3, 0.4) is 0 Å². The predicted octanol–water partition coefficient (Wildman–Crippen LogP) is 3.29. The van der Waals surface area contributed by atoms with Gasteiger partial charge in [0.1, 0.15) is 5.75 Å². The van der Waals surface area contributed by atoms with Crippen LogP contribution in [0.5, 0.6) is 5.75 Å². The normalized spacial score (nSPS) is 15.3.